The normalized spacial score (nSPS) is 17.5. The number of sulfonamides is 1. The van der Waals surface area contributed by atoms with Gasteiger partial charge in [-0.1, -0.05) is 12.8 Å². The number of carbonyl (C=O) groups excluding carboxylic acids is 1. The van der Waals surface area contributed by atoms with Crippen LogP contribution in [0.5, 0.6) is 0 Å². The molecule has 0 atom stereocenters. The van der Waals surface area contributed by atoms with Crippen LogP contribution in [0.3, 0.4) is 0 Å². The number of hydrogen-bond donors (Lipinski definition) is 1. The average molecular weight is 477 g/mol. The number of hydrogen-bond acceptors (Lipinski definition) is 6. The van der Waals surface area contributed by atoms with Gasteiger partial charge in [0, 0.05) is 37.7 Å². The summed E-state index contributed by atoms with van der Waals surface area (Å²) in [5.74, 6) is -0.303. The Balaban J connectivity index is 1.66. The van der Waals surface area contributed by atoms with Crippen LogP contribution in [-0.2, 0) is 22.9 Å². The van der Waals surface area contributed by atoms with Gasteiger partial charge in [0.1, 0.15) is 0 Å². The van der Waals surface area contributed by atoms with E-state index in [0.29, 0.717) is 10.7 Å². The van der Waals surface area contributed by atoms with Crippen LogP contribution in [0.2, 0.25) is 0 Å². The van der Waals surface area contributed by atoms with Crippen LogP contribution < -0.4 is 10.2 Å². The average Bonchev–Trinajstić information content (AvgIpc) is 3.14. The summed E-state index contributed by atoms with van der Waals surface area (Å²) in [6.45, 7) is 1.73. The third kappa shape index (κ3) is 5.00. The second kappa shape index (κ2) is 9.89. The zero-order valence-corrected chi connectivity index (χ0v) is 20.5. The molecule has 0 bridgehead atoms. The summed E-state index contributed by atoms with van der Waals surface area (Å²) in [6, 6.07) is 4.89. The predicted octanol–water partition coefficient (Wildman–Crippen LogP) is 4.30. The van der Waals surface area contributed by atoms with Gasteiger partial charge in [0.25, 0.3) is 5.91 Å². The van der Waals surface area contributed by atoms with Crippen LogP contribution >= 0.6 is 11.3 Å². The standard InChI is InChI=1S/C23H32N4O3S2/c1-26(2)32(29,30)17-12-13-20(27-14-8-5-9-15-27)18(16-17)22(28)25-23-24-19-10-6-3-4-7-11-21(19)31-23/h12-13,16H,3-11,14-15H2,1-2H3,(H,24,25,28). The summed E-state index contributed by atoms with van der Waals surface area (Å²) in [4.78, 5) is 21.7. The fraction of sp³-hybridized carbons (Fsp3) is 0.565. The molecule has 0 spiro atoms. The molecule has 1 N–H and O–H groups in total. The van der Waals surface area contributed by atoms with Crippen molar-refractivity contribution >= 4 is 38.1 Å². The Labute approximate surface area is 194 Å². The quantitative estimate of drug-likeness (QED) is 0.696. The molecule has 2 heterocycles. The van der Waals surface area contributed by atoms with E-state index in [2.05, 4.69) is 10.2 Å². The van der Waals surface area contributed by atoms with E-state index < -0.39 is 10.0 Å². The Morgan fingerprint density at radius 3 is 2.44 bits per heavy atom. The molecule has 7 nitrogen and oxygen atoms in total. The lowest BCUT2D eigenvalue weighted by Gasteiger charge is -2.30. The molecule has 0 radical (unpaired) electrons. The van der Waals surface area contributed by atoms with Gasteiger partial charge in [-0.2, -0.15) is 0 Å². The molecule has 9 heteroatoms. The van der Waals surface area contributed by atoms with E-state index in [-0.39, 0.29) is 10.8 Å². The highest BCUT2D eigenvalue weighted by molar-refractivity contribution is 7.89. The van der Waals surface area contributed by atoms with Crippen LogP contribution in [0.4, 0.5) is 10.8 Å². The van der Waals surface area contributed by atoms with Crippen molar-refractivity contribution in [3.63, 3.8) is 0 Å². The molecule has 1 fully saturated rings. The Hall–Kier alpha value is -1.97. The van der Waals surface area contributed by atoms with Crippen LogP contribution in [0.1, 0.15) is 65.9 Å². The topological polar surface area (TPSA) is 82.6 Å². The zero-order chi connectivity index (χ0) is 22.7. The molecule has 2 aromatic rings. The lowest BCUT2D eigenvalue weighted by atomic mass is 10.0. The van der Waals surface area contributed by atoms with Crippen molar-refractivity contribution in [3.8, 4) is 0 Å². The van der Waals surface area contributed by atoms with Crippen molar-refractivity contribution < 1.29 is 13.2 Å². The smallest absolute Gasteiger partial charge is 0.259 e. The fourth-order valence-electron chi connectivity index (χ4n) is 4.40. The third-order valence-electron chi connectivity index (χ3n) is 6.25. The maximum atomic E-state index is 13.4. The minimum absolute atomic E-state index is 0.125. The summed E-state index contributed by atoms with van der Waals surface area (Å²) in [7, 11) is -0.644. The van der Waals surface area contributed by atoms with E-state index in [0.717, 1.165) is 63.0 Å². The van der Waals surface area contributed by atoms with Crippen molar-refractivity contribution in [3.05, 3.63) is 34.3 Å². The largest absolute Gasteiger partial charge is 0.371 e. The molecule has 1 aliphatic carbocycles. The van der Waals surface area contributed by atoms with Gasteiger partial charge in [0.2, 0.25) is 10.0 Å². The van der Waals surface area contributed by atoms with E-state index in [4.69, 9.17) is 4.98 Å². The molecule has 1 aromatic heterocycles. The fourth-order valence-corrected chi connectivity index (χ4v) is 6.38. The maximum absolute atomic E-state index is 13.4. The number of thiazole rings is 1. The maximum Gasteiger partial charge on any atom is 0.259 e. The van der Waals surface area contributed by atoms with E-state index >= 15 is 0 Å². The van der Waals surface area contributed by atoms with Crippen molar-refractivity contribution in [1.29, 1.82) is 0 Å². The number of rotatable bonds is 5. The monoisotopic (exact) mass is 476 g/mol. The second-order valence-electron chi connectivity index (χ2n) is 8.77. The van der Waals surface area contributed by atoms with E-state index in [1.807, 2.05) is 0 Å². The van der Waals surface area contributed by atoms with E-state index in [9.17, 15) is 13.2 Å². The first-order chi connectivity index (χ1) is 15.4. The highest BCUT2D eigenvalue weighted by Gasteiger charge is 2.25. The first-order valence-electron chi connectivity index (χ1n) is 11.5. The number of carbonyl (C=O) groups is 1. The molecule has 0 unspecified atom stereocenters. The molecule has 174 valence electrons. The van der Waals surface area contributed by atoms with Crippen molar-refractivity contribution in [2.75, 3.05) is 37.4 Å². The molecule has 4 rings (SSSR count). The van der Waals surface area contributed by atoms with E-state index in [1.165, 1.54) is 48.6 Å². The van der Waals surface area contributed by atoms with Gasteiger partial charge in [-0.15, -0.1) is 11.3 Å². The van der Waals surface area contributed by atoms with Crippen LogP contribution in [-0.4, -0.2) is 50.8 Å². The van der Waals surface area contributed by atoms with Crippen molar-refractivity contribution in [1.82, 2.24) is 9.29 Å². The molecule has 1 saturated heterocycles. The third-order valence-corrected chi connectivity index (χ3v) is 9.14. The van der Waals surface area contributed by atoms with Gasteiger partial charge in [-0.05, 0) is 63.1 Å². The number of benzene rings is 1. The van der Waals surface area contributed by atoms with E-state index in [1.54, 1.807) is 23.5 Å². The minimum atomic E-state index is -3.64. The summed E-state index contributed by atoms with van der Waals surface area (Å²) < 4.78 is 26.6. The first-order valence-corrected chi connectivity index (χ1v) is 13.7. The predicted molar refractivity (Wildman–Crippen MR) is 129 cm³/mol. The van der Waals surface area contributed by atoms with Crippen molar-refractivity contribution in [2.24, 2.45) is 0 Å². The van der Waals surface area contributed by atoms with Gasteiger partial charge < -0.3 is 4.90 Å². The SMILES string of the molecule is CN(C)S(=O)(=O)c1ccc(N2CCCCC2)c(C(=O)Nc2nc3c(s2)CCCCCC3)c1. The number of nitrogens with zero attached hydrogens (tertiary/aromatic N) is 3. The Morgan fingerprint density at radius 1 is 1.03 bits per heavy atom. The molecule has 32 heavy (non-hydrogen) atoms. The van der Waals surface area contributed by atoms with Gasteiger partial charge in [0.05, 0.1) is 16.2 Å². The second-order valence-corrected chi connectivity index (χ2v) is 12.0. The summed E-state index contributed by atoms with van der Waals surface area (Å²) in [5, 5.41) is 3.58. The molecular formula is C23H32N4O3S2. The number of nitrogens with one attached hydrogen (secondary N) is 1. The molecule has 1 aliphatic heterocycles. The highest BCUT2D eigenvalue weighted by Crippen LogP contribution is 2.31. The van der Waals surface area contributed by atoms with Crippen LogP contribution in [0.15, 0.2) is 23.1 Å². The highest BCUT2D eigenvalue weighted by atomic mass is 32.2. The summed E-state index contributed by atoms with van der Waals surface area (Å²) in [5.41, 5.74) is 2.28. The van der Waals surface area contributed by atoms with Crippen LogP contribution in [0, 0.1) is 0 Å². The number of aromatic nitrogens is 1. The minimum Gasteiger partial charge on any atom is -0.371 e. The Morgan fingerprint density at radius 2 is 1.72 bits per heavy atom. The Kier molecular flexibility index (Phi) is 7.17. The molecular weight excluding hydrogens is 444 g/mol. The number of fused-ring (bicyclic) bond motifs is 1. The van der Waals surface area contributed by atoms with Gasteiger partial charge in [0.15, 0.2) is 5.13 Å². The zero-order valence-electron chi connectivity index (χ0n) is 18.9. The van der Waals surface area contributed by atoms with Crippen LogP contribution in [0.25, 0.3) is 0 Å². The summed E-state index contributed by atoms with van der Waals surface area (Å²) >= 11 is 1.55. The molecule has 0 saturated carbocycles. The molecule has 1 aromatic carbocycles. The summed E-state index contributed by atoms with van der Waals surface area (Å²) in [6.07, 6.45) is 10.0. The number of aryl methyl sites for hydroxylation is 2. The van der Waals surface area contributed by atoms with Gasteiger partial charge >= 0.3 is 0 Å². The van der Waals surface area contributed by atoms with Gasteiger partial charge in [-0.3, -0.25) is 10.1 Å². The number of piperidine rings is 1. The molecule has 2 aliphatic rings. The lowest BCUT2D eigenvalue weighted by molar-refractivity contribution is 0.102. The molecule has 1 amide bonds. The number of amides is 1. The van der Waals surface area contributed by atoms with Crippen molar-refractivity contribution in [2.45, 2.75) is 62.7 Å². The first kappa shape index (κ1) is 23.2. The van der Waals surface area contributed by atoms with Gasteiger partial charge in [-0.25, -0.2) is 17.7 Å². The lowest BCUT2D eigenvalue weighted by Crippen LogP contribution is -2.32. The number of anilines is 2. The Bertz CT molecular complexity index is 1050.